The Morgan fingerprint density at radius 3 is 2.50 bits per heavy atom. The third-order valence-corrected chi connectivity index (χ3v) is 4.21. The lowest BCUT2D eigenvalue weighted by atomic mass is 9.80. The van der Waals surface area contributed by atoms with Gasteiger partial charge in [-0.3, -0.25) is 0 Å². The Balaban J connectivity index is 2.09. The molecule has 1 aromatic rings. The van der Waals surface area contributed by atoms with Crippen molar-refractivity contribution in [3.8, 4) is 0 Å². The van der Waals surface area contributed by atoms with Crippen molar-refractivity contribution in [3.05, 3.63) is 18.2 Å². The highest BCUT2D eigenvalue weighted by Gasteiger charge is 2.33. The molecule has 1 fully saturated rings. The number of hydrogen-bond acceptors (Lipinski definition) is 5. The van der Waals surface area contributed by atoms with E-state index in [2.05, 4.69) is 5.32 Å². The molecule has 2 rings (SSSR count). The number of nitrogens with one attached hydrogen (secondary N) is 1. The zero-order valence-corrected chi connectivity index (χ0v) is 10.7. The summed E-state index contributed by atoms with van der Waals surface area (Å²) in [6.07, 6.45) is 2.60. The van der Waals surface area contributed by atoms with Crippen LogP contribution in [0, 0.1) is 0 Å². The standard InChI is InChI=1S/C11H17N3O3S/c12-9-6-8(2-3-10(9)18(13,16)17)14-7-11(15)4-1-5-11/h2-3,6,14-15H,1,4-5,7,12H2,(H2,13,16,17). The van der Waals surface area contributed by atoms with Crippen LogP contribution in [0.2, 0.25) is 0 Å². The van der Waals surface area contributed by atoms with E-state index in [1.54, 1.807) is 6.07 Å². The molecule has 0 heterocycles. The summed E-state index contributed by atoms with van der Waals surface area (Å²) in [6.45, 7) is 0.432. The zero-order valence-electron chi connectivity index (χ0n) is 9.89. The number of benzene rings is 1. The van der Waals surface area contributed by atoms with Gasteiger partial charge in [0.15, 0.2) is 0 Å². The number of primary sulfonamides is 1. The Labute approximate surface area is 106 Å². The Morgan fingerprint density at radius 2 is 2.06 bits per heavy atom. The molecule has 0 spiro atoms. The van der Waals surface area contributed by atoms with E-state index in [0.29, 0.717) is 12.2 Å². The topological polar surface area (TPSA) is 118 Å². The largest absolute Gasteiger partial charge is 0.398 e. The van der Waals surface area contributed by atoms with Gasteiger partial charge in [-0.15, -0.1) is 0 Å². The Hall–Kier alpha value is -1.31. The van der Waals surface area contributed by atoms with Crippen molar-refractivity contribution in [1.29, 1.82) is 0 Å². The van der Waals surface area contributed by atoms with Crippen molar-refractivity contribution in [2.24, 2.45) is 5.14 Å². The normalized spacial score (nSPS) is 18.1. The molecule has 0 atom stereocenters. The van der Waals surface area contributed by atoms with Gasteiger partial charge in [0.1, 0.15) is 4.90 Å². The highest BCUT2D eigenvalue weighted by Crippen LogP contribution is 2.32. The number of hydrogen-bond donors (Lipinski definition) is 4. The van der Waals surface area contributed by atoms with E-state index in [9.17, 15) is 13.5 Å². The Kier molecular flexibility index (Phi) is 3.22. The van der Waals surface area contributed by atoms with Crippen LogP contribution in [-0.4, -0.2) is 25.7 Å². The molecule has 100 valence electrons. The first kappa shape index (κ1) is 13.1. The minimum Gasteiger partial charge on any atom is -0.398 e. The summed E-state index contributed by atoms with van der Waals surface area (Å²) in [7, 11) is -3.79. The lowest BCUT2D eigenvalue weighted by Crippen LogP contribution is -2.43. The van der Waals surface area contributed by atoms with E-state index in [1.807, 2.05) is 0 Å². The van der Waals surface area contributed by atoms with Crippen molar-refractivity contribution in [3.63, 3.8) is 0 Å². The third kappa shape index (κ3) is 2.74. The van der Waals surface area contributed by atoms with Gasteiger partial charge in [0, 0.05) is 12.2 Å². The van der Waals surface area contributed by atoms with Crippen molar-refractivity contribution >= 4 is 21.4 Å². The molecule has 1 aliphatic carbocycles. The van der Waals surface area contributed by atoms with E-state index in [0.717, 1.165) is 19.3 Å². The average Bonchev–Trinajstić information content (AvgIpc) is 2.22. The fourth-order valence-electron chi connectivity index (χ4n) is 1.95. The second-order valence-corrected chi connectivity index (χ2v) is 6.26. The molecular formula is C11H17N3O3S. The second-order valence-electron chi connectivity index (χ2n) is 4.73. The molecule has 0 unspecified atom stereocenters. The summed E-state index contributed by atoms with van der Waals surface area (Å²) in [5.41, 5.74) is 5.75. The van der Waals surface area contributed by atoms with Crippen LogP contribution < -0.4 is 16.2 Å². The van der Waals surface area contributed by atoms with E-state index in [4.69, 9.17) is 10.9 Å². The summed E-state index contributed by atoms with van der Waals surface area (Å²) in [4.78, 5) is -0.0876. The highest BCUT2D eigenvalue weighted by atomic mass is 32.2. The monoisotopic (exact) mass is 271 g/mol. The van der Waals surface area contributed by atoms with Crippen molar-refractivity contribution in [1.82, 2.24) is 0 Å². The summed E-state index contributed by atoms with van der Waals surface area (Å²) < 4.78 is 22.3. The molecule has 0 radical (unpaired) electrons. The fraction of sp³-hybridized carbons (Fsp3) is 0.455. The molecule has 1 aromatic carbocycles. The Bertz CT molecular complexity index is 553. The lowest BCUT2D eigenvalue weighted by Gasteiger charge is -2.36. The number of nitrogens with two attached hydrogens (primary N) is 2. The molecule has 0 amide bonds. The van der Waals surface area contributed by atoms with E-state index in [-0.39, 0.29) is 10.6 Å². The fourth-order valence-corrected chi connectivity index (χ4v) is 2.59. The number of sulfonamides is 1. The molecule has 1 saturated carbocycles. The van der Waals surface area contributed by atoms with Crippen LogP contribution in [0.25, 0.3) is 0 Å². The number of nitrogen functional groups attached to an aromatic ring is 1. The molecule has 0 bridgehead atoms. The predicted molar refractivity (Wildman–Crippen MR) is 69.5 cm³/mol. The zero-order chi connectivity index (χ0) is 13.4. The number of anilines is 2. The quantitative estimate of drug-likeness (QED) is 0.585. The first-order valence-corrected chi connectivity index (χ1v) is 7.23. The minimum absolute atomic E-state index is 0.0876. The van der Waals surface area contributed by atoms with Gasteiger partial charge in [-0.25, -0.2) is 13.6 Å². The molecule has 0 aromatic heterocycles. The second kappa shape index (κ2) is 4.42. The van der Waals surface area contributed by atoms with Gasteiger partial charge < -0.3 is 16.2 Å². The molecule has 0 aliphatic heterocycles. The van der Waals surface area contributed by atoms with Gasteiger partial charge in [-0.1, -0.05) is 0 Å². The number of rotatable bonds is 4. The summed E-state index contributed by atoms with van der Waals surface area (Å²) in [6, 6.07) is 4.44. The maximum Gasteiger partial charge on any atom is 0.240 e. The van der Waals surface area contributed by atoms with Crippen LogP contribution in [0.1, 0.15) is 19.3 Å². The lowest BCUT2D eigenvalue weighted by molar-refractivity contribution is -0.0201. The molecule has 18 heavy (non-hydrogen) atoms. The van der Waals surface area contributed by atoms with Gasteiger partial charge in [-0.2, -0.15) is 0 Å². The maximum absolute atomic E-state index is 11.2. The van der Waals surface area contributed by atoms with E-state index < -0.39 is 15.6 Å². The van der Waals surface area contributed by atoms with Crippen LogP contribution >= 0.6 is 0 Å². The van der Waals surface area contributed by atoms with Crippen LogP contribution in [0.5, 0.6) is 0 Å². The first-order chi connectivity index (χ1) is 8.30. The van der Waals surface area contributed by atoms with E-state index in [1.165, 1.54) is 12.1 Å². The van der Waals surface area contributed by atoms with Gasteiger partial charge in [0.25, 0.3) is 0 Å². The van der Waals surface area contributed by atoms with Crippen LogP contribution in [0.15, 0.2) is 23.1 Å². The van der Waals surface area contributed by atoms with Gasteiger partial charge >= 0.3 is 0 Å². The maximum atomic E-state index is 11.2. The molecule has 0 saturated heterocycles. The van der Waals surface area contributed by atoms with Crippen LogP contribution in [0.4, 0.5) is 11.4 Å². The van der Waals surface area contributed by atoms with Gasteiger partial charge in [0.2, 0.25) is 10.0 Å². The predicted octanol–water partition coefficient (Wildman–Crippen LogP) is 0.243. The Morgan fingerprint density at radius 1 is 1.39 bits per heavy atom. The van der Waals surface area contributed by atoms with Crippen LogP contribution in [0.3, 0.4) is 0 Å². The first-order valence-electron chi connectivity index (χ1n) is 5.69. The minimum atomic E-state index is -3.79. The smallest absolute Gasteiger partial charge is 0.240 e. The number of aliphatic hydroxyl groups is 1. The molecular weight excluding hydrogens is 254 g/mol. The van der Waals surface area contributed by atoms with Gasteiger partial charge in [0.05, 0.1) is 11.3 Å². The SMILES string of the molecule is Nc1cc(NCC2(O)CCC2)ccc1S(N)(=O)=O. The summed E-state index contributed by atoms with van der Waals surface area (Å²) in [5.74, 6) is 0. The summed E-state index contributed by atoms with van der Waals surface area (Å²) >= 11 is 0. The molecule has 7 heteroatoms. The molecule has 1 aliphatic rings. The van der Waals surface area contributed by atoms with Crippen molar-refractivity contribution < 1.29 is 13.5 Å². The average molecular weight is 271 g/mol. The van der Waals surface area contributed by atoms with E-state index >= 15 is 0 Å². The van der Waals surface area contributed by atoms with Crippen LogP contribution in [-0.2, 0) is 10.0 Å². The van der Waals surface area contributed by atoms with Gasteiger partial charge in [-0.05, 0) is 37.5 Å². The highest BCUT2D eigenvalue weighted by molar-refractivity contribution is 7.89. The molecule has 6 nitrogen and oxygen atoms in total. The third-order valence-electron chi connectivity index (χ3n) is 3.22. The van der Waals surface area contributed by atoms with Crippen molar-refractivity contribution in [2.75, 3.05) is 17.6 Å². The summed E-state index contributed by atoms with van der Waals surface area (Å²) in [5, 5.41) is 18.0. The van der Waals surface area contributed by atoms with Crippen molar-refractivity contribution in [2.45, 2.75) is 29.8 Å². The molecule has 6 N–H and O–H groups in total.